The molecule has 0 aromatic heterocycles. The molecule has 6 nitrogen and oxygen atoms in total. The Morgan fingerprint density at radius 3 is 2.48 bits per heavy atom. The van der Waals surface area contributed by atoms with Crippen molar-refractivity contribution < 1.29 is 19.4 Å². The van der Waals surface area contributed by atoms with E-state index in [4.69, 9.17) is 27.9 Å². The molecule has 0 aliphatic rings. The van der Waals surface area contributed by atoms with Crippen molar-refractivity contribution in [2.24, 2.45) is 0 Å². The van der Waals surface area contributed by atoms with Gasteiger partial charge in [-0.2, -0.15) is 0 Å². The number of benzene rings is 1. The summed E-state index contributed by atoms with van der Waals surface area (Å²) < 4.78 is 5.49. The first-order chi connectivity index (χ1) is 10.8. The van der Waals surface area contributed by atoms with Crippen molar-refractivity contribution in [3.63, 3.8) is 0 Å². The molecule has 0 heterocycles. The van der Waals surface area contributed by atoms with Crippen LogP contribution in [0.1, 0.15) is 31.1 Å². The van der Waals surface area contributed by atoms with Gasteiger partial charge in [0.15, 0.2) is 5.78 Å². The van der Waals surface area contributed by atoms with E-state index >= 15 is 0 Å². The van der Waals surface area contributed by atoms with Gasteiger partial charge in [-0.25, -0.2) is 0 Å². The molecule has 1 unspecified atom stereocenters. The number of ether oxygens (including phenoxy) is 1. The molecule has 1 aromatic carbocycles. The molecule has 0 radical (unpaired) electrons. The van der Waals surface area contributed by atoms with Gasteiger partial charge in [-0.15, -0.1) is 0 Å². The van der Waals surface area contributed by atoms with Crippen LogP contribution in [0.4, 0.5) is 5.69 Å². The van der Waals surface area contributed by atoms with Gasteiger partial charge in [-0.3, -0.25) is 9.59 Å². The monoisotopic (exact) mass is 362 g/mol. The standard InChI is InChI=1S/C15H20Cl2N2O4/c1-4-18-6-10(22)7-23-15-11(8(2)20)5-12(19-9(3)21)13(16)14(15)17/h5,10,18,22H,4,6-7H2,1-3H3,(H,19,21). The Bertz CT molecular complexity index is 593. The van der Waals surface area contributed by atoms with Crippen LogP contribution in [-0.2, 0) is 4.79 Å². The van der Waals surface area contributed by atoms with Crippen molar-refractivity contribution >= 4 is 40.6 Å². The normalized spacial score (nSPS) is 11.9. The molecule has 0 bridgehead atoms. The van der Waals surface area contributed by atoms with Crippen LogP contribution in [0.5, 0.6) is 5.75 Å². The Morgan fingerprint density at radius 1 is 1.30 bits per heavy atom. The third-order valence-corrected chi connectivity index (χ3v) is 3.75. The predicted octanol–water partition coefficient (Wildman–Crippen LogP) is 2.50. The van der Waals surface area contributed by atoms with Crippen LogP contribution in [0.25, 0.3) is 0 Å². The minimum atomic E-state index is -0.764. The second kappa shape index (κ2) is 9.08. The van der Waals surface area contributed by atoms with Crippen molar-refractivity contribution in [3.05, 3.63) is 21.7 Å². The number of rotatable bonds is 8. The van der Waals surface area contributed by atoms with E-state index in [0.717, 1.165) is 0 Å². The topological polar surface area (TPSA) is 87.7 Å². The molecule has 0 spiro atoms. The molecule has 0 aliphatic carbocycles. The Balaban J connectivity index is 3.08. The first-order valence-electron chi connectivity index (χ1n) is 7.10. The maximum absolute atomic E-state index is 11.8. The summed E-state index contributed by atoms with van der Waals surface area (Å²) in [4.78, 5) is 23.0. The van der Waals surface area contributed by atoms with E-state index in [1.807, 2.05) is 6.92 Å². The molecule has 0 saturated heterocycles. The fourth-order valence-electron chi connectivity index (χ4n) is 1.84. The molecule has 1 amide bonds. The van der Waals surface area contributed by atoms with Crippen molar-refractivity contribution in [2.75, 3.05) is 25.0 Å². The number of ketones is 1. The van der Waals surface area contributed by atoms with Crippen molar-refractivity contribution in [1.29, 1.82) is 0 Å². The number of aliphatic hydroxyl groups is 1. The highest BCUT2D eigenvalue weighted by molar-refractivity contribution is 6.45. The first-order valence-corrected chi connectivity index (χ1v) is 7.85. The number of Topliss-reactive ketones (excluding diaryl/α,β-unsaturated/α-hetero) is 1. The zero-order valence-electron chi connectivity index (χ0n) is 13.2. The van der Waals surface area contributed by atoms with Crippen LogP contribution in [0.3, 0.4) is 0 Å². The zero-order chi connectivity index (χ0) is 17.6. The van der Waals surface area contributed by atoms with E-state index in [-0.39, 0.29) is 45.3 Å². The summed E-state index contributed by atoms with van der Waals surface area (Å²) in [7, 11) is 0. The fraction of sp³-hybridized carbons (Fsp3) is 0.467. The van der Waals surface area contributed by atoms with Gasteiger partial charge < -0.3 is 20.5 Å². The number of hydrogen-bond donors (Lipinski definition) is 3. The SMILES string of the molecule is CCNCC(O)COc1c(C(C)=O)cc(NC(C)=O)c(Cl)c1Cl. The smallest absolute Gasteiger partial charge is 0.221 e. The minimum Gasteiger partial charge on any atom is -0.488 e. The molecular weight excluding hydrogens is 343 g/mol. The quantitative estimate of drug-likeness (QED) is 0.618. The van der Waals surface area contributed by atoms with Gasteiger partial charge >= 0.3 is 0 Å². The third-order valence-electron chi connectivity index (χ3n) is 2.90. The summed E-state index contributed by atoms with van der Waals surface area (Å²) in [6.45, 7) is 5.59. The summed E-state index contributed by atoms with van der Waals surface area (Å²) in [6.07, 6.45) is -0.764. The second-order valence-electron chi connectivity index (χ2n) is 4.94. The van der Waals surface area contributed by atoms with E-state index in [0.29, 0.717) is 13.1 Å². The molecule has 3 N–H and O–H groups in total. The Morgan fingerprint density at radius 2 is 1.96 bits per heavy atom. The number of amides is 1. The molecule has 128 valence electrons. The Hall–Kier alpha value is -1.34. The van der Waals surface area contributed by atoms with Gasteiger partial charge in [0.2, 0.25) is 5.91 Å². The average molecular weight is 363 g/mol. The summed E-state index contributed by atoms with van der Waals surface area (Å²) in [5.74, 6) is -0.549. The van der Waals surface area contributed by atoms with Crippen LogP contribution in [-0.4, -0.2) is 42.6 Å². The van der Waals surface area contributed by atoms with E-state index in [1.54, 1.807) is 0 Å². The van der Waals surface area contributed by atoms with Gasteiger partial charge in [0, 0.05) is 13.5 Å². The lowest BCUT2D eigenvalue weighted by molar-refractivity contribution is -0.114. The Kier molecular flexibility index (Phi) is 7.78. The molecule has 1 rings (SSSR count). The highest BCUT2D eigenvalue weighted by Crippen LogP contribution is 2.41. The van der Waals surface area contributed by atoms with Crippen LogP contribution in [0, 0.1) is 0 Å². The fourth-order valence-corrected chi connectivity index (χ4v) is 2.29. The zero-order valence-corrected chi connectivity index (χ0v) is 14.7. The summed E-state index contributed by atoms with van der Waals surface area (Å²) in [5.41, 5.74) is 0.411. The molecule has 1 aromatic rings. The van der Waals surface area contributed by atoms with Crippen LogP contribution in [0.15, 0.2) is 6.07 Å². The molecule has 8 heteroatoms. The van der Waals surface area contributed by atoms with Crippen LogP contribution < -0.4 is 15.4 Å². The van der Waals surface area contributed by atoms with E-state index in [2.05, 4.69) is 10.6 Å². The van der Waals surface area contributed by atoms with E-state index in [9.17, 15) is 14.7 Å². The highest BCUT2D eigenvalue weighted by Gasteiger charge is 2.21. The summed E-state index contributed by atoms with van der Waals surface area (Å²) in [5, 5.41) is 15.4. The van der Waals surface area contributed by atoms with Gasteiger partial charge in [0.05, 0.1) is 16.3 Å². The molecule has 0 fully saturated rings. The number of anilines is 1. The summed E-state index contributed by atoms with van der Waals surface area (Å²) >= 11 is 12.3. The number of carbonyl (C=O) groups excluding carboxylic acids is 2. The van der Waals surface area contributed by atoms with Crippen molar-refractivity contribution in [2.45, 2.75) is 26.9 Å². The second-order valence-corrected chi connectivity index (χ2v) is 5.69. The van der Waals surface area contributed by atoms with Crippen LogP contribution in [0.2, 0.25) is 10.0 Å². The van der Waals surface area contributed by atoms with Crippen molar-refractivity contribution in [3.8, 4) is 5.75 Å². The first kappa shape index (κ1) is 19.7. The van der Waals surface area contributed by atoms with Gasteiger partial charge in [-0.1, -0.05) is 30.1 Å². The van der Waals surface area contributed by atoms with Gasteiger partial charge in [-0.05, 0) is 19.5 Å². The Labute approximate surface area is 145 Å². The molecule has 23 heavy (non-hydrogen) atoms. The predicted molar refractivity (Wildman–Crippen MR) is 90.8 cm³/mol. The maximum Gasteiger partial charge on any atom is 0.221 e. The molecule has 0 saturated carbocycles. The lowest BCUT2D eigenvalue weighted by atomic mass is 10.1. The molecule has 1 atom stereocenters. The van der Waals surface area contributed by atoms with E-state index < -0.39 is 6.10 Å². The van der Waals surface area contributed by atoms with Crippen LogP contribution >= 0.6 is 23.2 Å². The van der Waals surface area contributed by atoms with Crippen molar-refractivity contribution in [1.82, 2.24) is 5.32 Å². The maximum atomic E-state index is 11.8. The van der Waals surface area contributed by atoms with Gasteiger partial charge in [0.1, 0.15) is 23.5 Å². The van der Waals surface area contributed by atoms with Gasteiger partial charge in [0.25, 0.3) is 0 Å². The number of carbonyl (C=O) groups is 2. The molecule has 0 aliphatic heterocycles. The summed E-state index contributed by atoms with van der Waals surface area (Å²) in [6, 6.07) is 1.41. The van der Waals surface area contributed by atoms with E-state index in [1.165, 1.54) is 19.9 Å². The lowest BCUT2D eigenvalue weighted by Gasteiger charge is -2.18. The lowest BCUT2D eigenvalue weighted by Crippen LogP contribution is -2.31. The molecular formula is C15H20Cl2N2O4. The minimum absolute atomic E-state index is 0.0127. The number of nitrogens with one attached hydrogen (secondary N) is 2. The highest BCUT2D eigenvalue weighted by atomic mass is 35.5. The number of hydrogen-bond acceptors (Lipinski definition) is 5. The number of halogens is 2. The average Bonchev–Trinajstić information content (AvgIpc) is 2.47. The number of likely N-dealkylation sites (N-methyl/N-ethyl adjacent to an activating group) is 1. The largest absolute Gasteiger partial charge is 0.488 e. The third kappa shape index (κ3) is 5.66. The number of aliphatic hydroxyl groups excluding tert-OH is 1.